The van der Waals surface area contributed by atoms with Gasteiger partial charge in [-0.05, 0) is 12.1 Å². The van der Waals surface area contributed by atoms with E-state index in [1.54, 1.807) is 19.2 Å². The van der Waals surface area contributed by atoms with Gasteiger partial charge in [-0.1, -0.05) is 0 Å². The van der Waals surface area contributed by atoms with Crippen LogP contribution in [-0.4, -0.2) is 14.3 Å². The molecule has 0 fully saturated rings. The molecule has 2 heterocycles. The van der Waals surface area contributed by atoms with Crippen molar-refractivity contribution in [1.29, 1.82) is 0 Å². The first-order valence-electron chi connectivity index (χ1n) is 4.57. The molecule has 0 aliphatic carbocycles. The van der Waals surface area contributed by atoms with Crippen molar-refractivity contribution in [2.75, 3.05) is 0 Å². The Morgan fingerprint density at radius 3 is 2.73 bits per heavy atom. The molecule has 0 amide bonds. The van der Waals surface area contributed by atoms with Crippen LogP contribution < -0.4 is 11.4 Å². The van der Waals surface area contributed by atoms with E-state index in [4.69, 9.17) is 10.2 Å². The fourth-order valence-corrected chi connectivity index (χ4v) is 1.29. The molecule has 2 N–H and O–H groups in total. The maximum atomic E-state index is 11.4. The van der Waals surface area contributed by atoms with Crippen molar-refractivity contribution in [2.45, 2.75) is 13.1 Å². The molecule has 80 valence electrons. The van der Waals surface area contributed by atoms with Gasteiger partial charge in [0.05, 0.1) is 6.54 Å². The summed E-state index contributed by atoms with van der Waals surface area (Å²) in [6.45, 7) is 0.691. The third-order valence-corrected chi connectivity index (χ3v) is 2.11. The Bertz CT molecular complexity index is 508. The summed E-state index contributed by atoms with van der Waals surface area (Å²) >= 11 is 0. The summed E-state index contributed by atoms with van der Waals surface area (Å²) in [6, 6.07) is 3.59. The summed E-state index contributed by atoms with van der Waals surface area (Å²) < 4.78 is 8.11. The fourth-order valence-electron chi connectivity index (χ4n) is 1.29. The Kier molecular flexibility index (Phi) is 2.42. The Hall–Kier alpha value is -1.82. The molecule has 0 saturated carbocycles. The second-order valence-electron chi connectivity index (χ2n) is 3.25. The van der Waals surface area contributed by atoms with Crippen LogP contribution in [0.3, 0.4) is 0 Å². The average Bonchev–Trinajstić information content (AvgIpc) is 2.80. The van der Waals surface area contributed by atoms with Gasteiger partial charge in [-0.15, -0.1) is 0 Å². The second kappa shape index (κ2) is 3.74. The van der Waals surface area contributed by atoms with E-state index in [1.165, 1.54) is 15.6 Å². The number of aromatic nitrogens is 3. The third kappa shape index (κ3) is 1.84. The first-order valence-corrected chi connectivity index (χ1v) is 4.57. The lowest BCUT2D eigenvalue weighted by atomic mass is 10.4. The molecule has 0 atom stereocenters. The summed E-state index contributed by atoms with van der Waals surface area (Å²) in [6.07, 6.45) is 1.47. The number of furan rings is 1. The highest BCUT2D eigenvalue weighted by Crippen LogP contribution is 2.07. The van der Waals surface area contributed by atoms with Gasteiger partial charge in [0.25, 0.3) is 0 Å². The van der Waals surface area contributed by atoms with Crippen molar-refractivity contribution in [3.05, 3.63) is 40.5 Å². The molecule has 0 saturated heterocycles. The van der Waals surface area contributed by atoms with Crippen molar-refractivity contribution >= 4 is 0 Å². The van der Waals surface area contributed by atoms with Crippen molar-refractivity contribution in [3.63, 3.8) is 0 Å². The molecule has 0 bridgehead atoms. The van der Waals surface area contributed by atoms with Crippen LogP contribution in [0.25, 0.3) is 0 Å². The van der Waals surface area contributed by atoms with Crippen LogP contribution in [0.5, 0.6) is 0 Å². The zero-order chi connectivity index (χ0) is 10.8. The highest BCUT2D eigenvalue weighted by molar-refractivity contribution is 5.06. The maximum absolute atomic E-state index is 11.4. The molecular formula is C9H12N4O2. The van der Waals surface area contributed by atoms with Crippen LogP contribution in [0, 0.1) is 0 Å². The first kappa shape index (κ1) is 9.72. The van der Waals surface area contributed by atoms with Gasteiger partial charge in [-0.3, -0.25) is 4.57 Å². The van der Waals surface area contributed by atoms with Crippen LogP contribution >= 0.6 is 0 Å². The molecule has 2 aromatic rings. The quantitative estimate of drug-likeness (QED) is 0.749. The van der Waals surface area contributed by atoms with E-state index in [2.05, 4.69) is 5.10 Å². The molecule has 0 aliphatic heterocycles. The monoisotopic (exact) mass is 208 g/mol. The highest BCUT2D eigenvalue weighted by Gasteiger charge is 2.05. The minimum atomic E-state index is -0.166. The van der Waals surface area contributed by atoms with E-state index in [0.29, 0.717) is 24.6 Å². The lowest BCUT2D eigenvalue weighted by Gasteiger charge is -1.95. The third-order valence-electron chi connectivity index (χ3n) is 2.11. The van der Waals surface area contributed by atoms with Gasteiger partial charge in [0.2, 0.25) is 0 Å². The zero-order valence-electron chi connectivity index (χ0n) is 8.38. The van der Waals surface area contributed by atoms with Crippen molar-refractivity contribution in [3.8, 4) is 0 Å². The van der Waals surface area contributed by atoms with Gasteiger partial charge in [-0.2, -0.15) is 5.10 Å². The highest BCUT2D eigenvalue weighted by atomic mass is 16.3. The lowest BCUT2D eigenvalue weighted by molar-refractivity contribution is 0.441. The van der Waals surface area contributed by atoms with Gasteiger partial charge in [0.15, 0.2) is 0 Å². The topological polar surface area (TPSA) is 79.0 Å². The van der Waals surface area contributed by atoms with Crippen LogP contribution in [-0.2, 0) is 20.1 Å². The van der Waals surface area contributed by atoms with Crippen LogP contribution in [0.2, 0.25) is 0 Å². The molecule has 2 aromatic heterocycles. The van der Waals surface area contributed by atoms with E-state index >= 15 is 0 Å². The normalized spacial score (nSPS) is 10.8. The maximum Gasteiger partial charge on any atom is 0.345 e. The summed E-state index contributed by atoms with van der Waals surface area (Å²) in [5, 5.41) is 3.92. The van der Waals surface area contributed by atoms with Crippen LogP contribution in [0.4, 0.5) is 0 Å². The lowest BCUT2D eigenvalue weighted by Crippen LogP contribution is -2.23. The molecule has 0 aromatic carbocycles. The smallest absolute Gasteiger partial charge is 0.345 e. The number of nitrogens with two attached hydrogens (primary N) is 1. The summed E-state index contributed by atoms with van der Waals surface area (Å²) in [4.78, 5) is 11.4. The number of rotatable bonds is 3. The SMILES string of the molecule is Cn1cnn(Cc2ccc(CN)o2)c1=O. The average molecular weight is 208 g/mol. The van der Waals surface area contributed by atoms with Crippen molar-refractivity contribution < 1.29 is 4.42 Å². The predicted molar refractivity (Wildman–Crippen MR) is 53.2 cm³/mol. The van der Waals surface area contributed by atoms with E-state index in [-0.39, 0.29) is 5.69 Å². The van der Waals surface area contributed by atoms with Gasteiger partial charge in [-0.25, -0.2) is 9.48 Å². The summed E-state index contributed by atoms with van der Waals surface area (Å²) in [5.41, 5.74) is 5.24. The molecule has 2 rings (SSSR count). The molecular weight excluding hydrogens is 196 g/mol. The molecule has 0 spiro atoms. The van der Waals surface area contributed by atoms with Gasteiger partial charge < -0.3 is 10.2 Å². The minimum Gasteiger partial charge on any atom is -0.463 e. The van der Waals surface area contributed by atoms with Gasteiger partial charge in [0.1, 0.15) is 24.4 Å². The Labute approximate surface area is 85.9 Å². The molecule has 0 unspecified atom stereocenters. The van der Waals surface area contributed by atoms with E-state index in [1.807, 2.05) is 0 Å². The van der Waals surface area contributed by atoms with Gasteiger partial charge >= 0.3 is 5.69 Å². The van der Waals surface area contributed by atoms with E-state index < -0.39 is 0 Å². The zero-order valence-corrected chi connectivity index (χ0v) is 8.38. The van der Waals surface area contributed by atoms with Gasteiger partial charge in [0, 0.05) is 7.05 Å². The molecule has 0 aliphatic rings. The molecule has 6 heteroatoms. The van der Waals surface area contributed by atoms with Crippen molar-refractivity contribution in [1.82, 2.24) is 14.3 Å². The number of aryl methyl sites for hydroxylation is 1. The van der Waals surface area contributed by atoms with Crippen molar-refractivity contribution in [2.24, 2.45) is 12.8 Å². The molecule has 15 heavy (non-hydrogen) atoms. The Morgan fingerprint density at radius 2 is 2.20 bits per heavy atom. The predicted octanol–water partition coefficient (Wildman–Crippen LogP) is -0.318. The number of hydrogen-bond donors (Lipinski definition) is 1. The van der Waals surface area contributed by atoms with Crippen LogP contribution in [0.15, 0.2) is 27.7 Å². The van der Waals surface area contributed by atoms with E-state index in [9.17, 15) is 4.79 Å². The Morgan fingerprint density at radius 1 is 1.47 bits per heavy atom. The summed E-state index contributed by atoms with van der Waals surface area (Å²) in [5.74, 6) is 1.38. The standard InChI is InChI=1S/C9H12N4O2/c1-12-6-11-13(9(12)14)5-8-3-2-7(4-10)15-8/h2-3,6H,4-5,10H2,1H3. The number of hydrogen-bond acceptors (Lipinski definition) is 4. The molecule has 0 radical (unpaired) electrons. The van der Waals surface area contributed by atoms with Crippen LogP contribution in [0.1, 0.15) is 11.5 Å². The second-order valence-corrected chi connectivity index (χ2v) is 3.25. The van der Waals surface area contributed by atoms with E-state index in [0.717, 1.165) is 0 Å². The summed E-state index contributed by atoms with van der Waals surface area (Å²) in [7, 11) is 1.65. The minimum absolute atomic E-state index is 0.166. The Balaban J connectivity index is 2.22. The largest absolute Gasteiger partial charge is 0.463 e. The molecule has 6 nitrogen and oxygen atoms in total. The first-order chi connectivity index (χ1) is 7.20. The number of nitrogens with zero attached hydrogens (tertiary/aromatic N) is 3. The fraction of sp³-hybridized carbons (Fsp3) is 0.333.